The first-order chi connectivity index (χ1) is 13.9. The molecule has 0 aliphatic carbocycles. The molecule has 0 saturated carbocycles. The number of hydrogen-bond acceptors (Lipinski definition) is 5. The number of hydrogen-bond donors (Lipinski definition) is 0. The van der Waals surface area contributed by atoms with E-state index in [2.05, 4.69) is 0 Å². The van der Waals surface area contributed by atoms with E-state index in [1.807, 2.05) is 0 Å². The fourth-order valence-electron chi connectivity index (χ4n) is 3.18. The Bertz CT molecular complexity index is 957. The fourth-order valence-corrected chi connectivity index (χ4v) is 3.69. The second kappa shape index (κ2) is 9.37. The highest BCUT2D eigenvalue weighted by molar-refractivity contribution is 7.87. The number of nitrogens with zero attached hydrogens (tertiary/aromatic N) is 1. The molecule has 0 spiro atoms. The highest BCUT2D eigenvalue weighted by Gasteiger charge is 2.24. The molecule has 1 amide bonds. The van der Waals surface area contributed by atoms with Crippen molar-refractivity contribution in [2.45, 2.75) is 32.4 Å². The average molecular weight is 421 g/mol. The van der Waals surface area contributed by atoms with Gasteiger partial charge in [0.15, 0.2) is 0 Å². The van der Waals surface area contributed by atoms with E-state index in [-0.39, 0.29) is 35.6 Å². The molecule has 8 heteroatoms. The predicted octanol–water partition coefficient (Wildman–Crippen LogP) is 3.38. The maximum atomic E-state index is 13.6. The summed E-state index contributed by atoms with van der Waals surface area (Å²) in [6.07, 6.45) is 1.71. The SMILES string of the molecule is CCS(=O)(=O)Oc1cccc(CN(C[C@H]2CCCO2)C(=O)c2cccc(F)c2)c1. The average Bonchev–Trinajstić information content (AvgIpc) is 3.20. The van der Waals surface area contributed by atoms with Crippen LogP contribution in [0.4, 0.5) is 4.39 Å². The van der Waals surface area contributed by atoms with E-state index >= 15 is 0 Å². The van der Waals surface area contributed by atoms with Crippen LogP contribution in [0.25, 0.3) is 0 Å². The second-order valence-electron chi connectivity index (χ2n) is 6.91. The van der Waals surface area contributed by atoms with Crippen LogP contribution < -0.4 is 4.18 Å². The van der Waals surface area contributed by atoms with Gasteiger partial charge in [-0.15, -0.1) is 0 Å². The Morgan fingerprint density at radius 3 is 2.72 bits per heavy atom. The summed E-state index contributed by atoms with van der Waals surface area (Å²) in [5.74, 6) is -0.735. The first kappa shape index (κ1) is 21.3. The summed E-state index contributed by atoms with van der Waals surface area (Å²) in [7, 11) is -3.64. The number of halogens is 1. The van der Waals surface area contributed by atoms with Gasteiger partial charge < -0.3 is 13.8 Å². The fraction of sp³-hybridized carbons (Fsp3) is 0.381. The topological polar surface area (TPSA) is 72.9 Å². The lowest BCUT2D eigenvalue weighted by Crippen LogP contribution is -2.37. The summed E-state index contributed by atoms with van der Waals surface area (Å²) in [4.78, 5) is 14.6. The first-order valence-corrected chi connectivity index (χ1v) is 11.1. The predicted molar refractivity (Wildman–Crippen MR) is 107 cm³/mol. The lowest BCUT2D eigenvalue weighted by atomic mass is 10.1. The van der Waals surface area contributed by atoms with Crippen LogP contribution in [0.5, 0.6) is 5.75 Å². The first-order valence-electron chi connectivity index (χ1n) is 9.54. The minimum atomic E-state index is -3.64. The van der Waals surface area contributed by atoms with Crippen LogP contribution in [0.15, 0.2) is 48.5 Å². The van der Waals surface area contributed by atoms with Crippen LogP contribution in [0.3, 0.4) is 0 Å². The molecule has 2 aromatic rings. The summed E-state index contributed by atoms with van der Waals surface area (Å²) in [5, 5.41) is 0. The molecule has 0 aromatic heterocycles. The van der Waals surface area contributed by atoms with Gasteiger partial charge in [0, 0.05) is 25.3 Å². The highest BCUT2D eigenvalue weighted by atomic mass is 32.2. The van der Waals surface area contributed by atoms with Gasteiger partial charge in [-0.25, -0.2) is 4.39 Å². The van der Waals surface area contributed by atoms with Crippen molar-refractivity contribution in [2.75, 3.05) is 18.9 Å². The van der Waals surface area contributed by atoms with Crippen LogP contribution in [-0.2, 0) is 21.4 Å². The van der Waals surface area contributed by atoms with Crippen LogP contribution in [0, 0.1) is 5.82 Å². The smallest absolute Gasteiger partial charge is 0.308 e. The monoisotopic (exact) mass is 421 g/mol. The molecule has 2 aromatic carbocycles. The molecule has 0 radical (unpaired) electrons. The summed E-state index contributed by atoms with van der Waals surface area (Å²) < 4.78 is 47.8. The van der Waals surface area contributed by atoms with E-state index in [0.717, 1.165) is 12.8 Å². The lowest BCUT2D eigenvalue weighted by Gasteiger charge is -2.26. The van der Waals surface area contributed by atoms with Gasteiger partial charge in [-0.2, -0.15) is 8.42 Å². The number of rotatable bonds is 8. The third kappa shape index (κ3) is 6.01. The molecule has 156 valence electrons. The number of carbonyl (C=O) groups is 1. The van der Waals surface area contributed by atoms with Gasteiger partial charge in [0.25, 0.3) is 5.91 Å². The summed E-state index contributed by atoms with van der Waals surface area (Å²) in [6, 6.07) is 12.2. The number of amides is 1. The highest BCUT2D eigenvalue weighted by Crippen LogP contribution is 2.21. The Morgan fingerprint density at radius 2 is 2.03 bits per heavy atom. The van der Waals surface area contributed by atoms with Gasteiger partial charge >= 0.3 is 10.1 Å². The third-order valence-electron chi connectivity index (χ3n) is 4.66. The standard InChI is InChI=1S/C21H24FNO5S/c1-2-29(25,26)28-19-9-3-6-16(12-19)14-23(15-20-10-5-11-27-20)21(24)17-7-4-8-18(22)13-17/h3-4,6-9,12-13,20H,2,5,10-11,14-15H2,1H3/t20-/m1/s1. The lowest BCUT2D eigenvalue weighted by molar-refractivity contribution is 0.0507. The molecule has 3 rings (SSSR count). The van der Waals surface area contributed by atoms with E-state index in [9.17, 15) is 17.6 Å². The molecule has 0 unspecified atom stereocenters. The van der Waals surface area contributed by atoms with Crippen molar-refractivity contribution >= 4 is 16.0 Å². The molecule has 1 heterocycles. The molecule has 1 saturated heterocycles. The van der Waals surface area contributed by atoms with Gasteiger partial charge in [0.2, 0.25) is 0 Å². The molecule has 6 nitrogen and oxygen atoms in total. The van der Waals surface area contributed by atoms with Gasteiger partial charge in [-0.1, -0.05) is 18.2 Å². The summed E-state index contributed by atoms with van der Waals surface area (Å²) >= 11 is 0. The minimum absolute atomic E-state index is 0.0765. The maximum Gasteiger partial charge on any atom is 0.308 e. The van der Waals surface area contributed by atoms with Crippen LogP contribution in [0.2, 0.25) is 0 Å². The van der Waals surface area contributed by atoms with Gasteiger partial charge in [-0.05, 0) is 55.7 Å². The molecule has 29 heavy (non-hydrogen) atoms. The van der Waals surface area contributed by atoms with Crippen LogP contribution >= 0.6 is 0 Å². The molecule has 1 fully saturated rings. The van der Waals surface area contributed by atoms with Gasteiger partial charge in [0.1, 0.15) is 11.6 Å². The van der Waals surface area contributed by atoms with Crippen molar-refractivity contribution in [3.63, 3.8) is 0 Å². The van der Waals surface area contributed by atoms with E-state index in [1.54, 1.807) is 35.2 Å². The Kier molecular flexibility index (Phi) is 6.87. The van der Waals surface area contributed by atoms with Crippen molar-refractivity contribution < 1.29 is 26.5 Å². The molecular weight excluding hydrogens is 397 g/mol. The molecule has 1 atom stereocenters. The van der Waals surface area contributed by atoms with E-state index in [4.69, 9.17) is 8.92 Å². The molecular formula is C21H24FNO5S. The molecule has 1 aliphatic heterocycles. The Morgan fingerprint density at radius 1 is 1.24 bits per heavy atom. The Labute approximate surface area is 170 Å². The summed E-state index contributed by atoms with van der Waals surface area (Å²) in [6.45, 7) is 2.75. The summed E-state index contributed by atoms with van der Waals surface area (Å²) in [5.41, 5.74) is 0.959. The van der Waals surface area contributed by atoms with Gasteiger partial charge in [-0.3, -0.25) is 4.79 Å². The zero-order chi connectivity index (χ0) is 20.9. The van der Waals surface area contributed by atoms with E-state index in [0.29, 0.717) is 18.7 Å². The Hall–Kier alpha value is -2.45. The van der Waals surface area contributed by atoms with E-state index in [1.165, 1.54) is 25.1 Å². The second-order valence-corrected chi connectivity index (χ2v) is 8.77. The largest absolute Gasteiger partial charge is 0.382 e. The third-order valence-corrected chi connectivity index (χ3v) is 5.81. The number of ether oxygens (including phenoxy) is 1. The van der Waals surface area contributed by atoms with Crippen molar-refractivity contribution in [2.24, 2.45) is 0 Å². The van der Waals surface area contributed by atoms with E-state index < -0.39 is 15.9 Å². The van der Waals surface area contributed by atoms with Crippen LogP contribution in [0.1, 0.15) is 35.7 Å². The number of benzene rings is 2. The number of carbonyl (C=O) groups excluding carboxylic acids is 1. The maximum absolute atomic E-state index is 13.6. The minimum Gasteiger partial charge on any atom is -0.382 e. The molecule has 0 bridgehead atoms. The quantitative estimate of drug-likeness (QED) is 0.611. The van der Waals surface area contributed by atoms with Crippen molar-refractivity contribution in [1.82, 2.24) is 4.90 Å². The van der Waals surface area contributed by atoms with Crippen molar-refractivity contribution in [3.8, 4) is 5.75 Å². The normalized spacial score (nSPS) is 16.6. The van der Waals surface area contributed by atoms with Crippen LogP contribution in [-0.4, -0.2) is 44.2 Å². The molecule has 0 N–H and O–H groups in total. The zero-order valence-corrected chi connectivity index (χ0v) is 17.0. The van der Waals surface area contributed by atoms with Crippen molar-refractivity contribution in [1.29, 1.82) is 0 Å². The van der Waals surface area contributed by atoms with Crippen molar-refractivity contribution in [3.05, 3.63) is 65.5 Å². The zero-order valence-electron chi connectivity index (χ0n) is 16.2. The Balaban J connectivity index is 1.82. The molecule has 1 aliphatic rings. The van der Waals surface area contributed by atoms with Gasteiger partial charge in [0.05, 0.1) is 11.9 Å².